The van der Waals surface area contributed by atoms with Crippen LogP contribution < -0.4 is 5.73 Å². The molecule has 1 aliphatic carbocycles. The van der Waals surface area contributed by atoms with Crippen molar-refractivity contribution in [1.82, 2.24) is 4.90 Å². The first-order chi connectivity index (χ1) is 7.10. The van der Waals surface area contributed by atoms with Crippen molar-refractivity contribution in [1.29, 1.82) is 0 Å². The molecular weight excluding hydrogens is 184 g/mol. The Morgan fingerprint density at radius 1 is 1.27 bits per heavy atom. The first-order valence-corrected chi connectivity index (χ1v) is 6.55. The first-order valence-electron chi connectivity index (χ1n) is 6.55. The molecule has 15 heavy (non-hydrogen) atoms. The zero-order valence-corrected chi connectivity index (χ0v) is 10.9. The Hall–Kier alpha value is -0.0800. The number of rotatable bonds is 7. The zero-order chi connectivity index (χ0) is 11.4. The van der Waals surface area contributed by atoms with Gasteiger partial charge in [0.15, 0.2) is 0 Å². The Morgan fingerprint density at radius 3 is 2.20 bits per heavy atom. The van der Waals surface area contributed by atoms with Gasteiger partial charge in [0, 0.05) is 25.2 Å². The summed E-state index contributed by atoms with van der Waals surface area (Å²) in [5.74, 6) is 1.48. The summed E-state index contributed by atoms with van der Waals surface area (Å²) in [5, 5.41) is 0. The highest BCUT2D eigenvalue weighted by Crippen LogP contribution is 2.31. The molecule has 0 radical (unpaired) electrons. The molecule has 0 heterocycles. The van der Waals surface area contributed by atoms with Crippen LogP contribution in [0.15, 0.2) is 0 Å². The highest BCUT2D eigenvalue weighted by Gasteiger charge is 2.35. The lowest BCUT2D eigenvalue weighted by Crippen LogP contribution is -2.47. The Morgan fingerprint density at radius 2 is 1.87 bits per heavy atom. The van der Waals surface area contributed by atoms with Crippen molar-refractivity contribution < 1.29 is 0 Å². The average molecular weight is 212 g/mol. The van der Waals surface area contributed by atoms with Crippen LogP contribution in [0.1, 0.15) is 47.0 Å². The van der Waals surface area contributed by atoms with Gasteiger partial charge < -0.3 is 5.73 Å². The van der Waals surface area contributed by atoms with Crippen LogP contribution in [0, 0.1) is 11.8 Å². The van der Waals surface area contributed by atoms with Crippen molar-refractivity contribution in [2.75, 3.05) is 13.1 Å². The monoisotopic (exact) mass is 212 g/mol. The van der Waals surface area contributed by atoms with Gasteiger partial charge in [0.2, 0.25) is 0 Å². The summed E-state index contributed by atoms with van der Waals surface area (Å²) in [6.07, 6.45) is 4.02. The third-order valence-corrected chi connectivity index (χ3v) is 3.56. The Kier molecular flexibility index (Phi) is 5.07. The number of nitrogens with two attached hydrogens (primary N) is 1. The molecule has 2 N–H and O–H groups in total. The largest absolute Gasteiger partial charge is 0.329 e. The summed E-state index contributed by atoms with van der Waals surface area (Å²) < 4.78 is 0. The van der Waals surface area contributed by atoms with Crippen molar-refractivity contribution in [3.63, 3.8) is 0 Å². The van der Waals surface area contributed by atoms with Crippen molar-refractivity contribution in [3.05, 3.63) is 0 Å². The summed E-state index contributed by atoms with van der Waals surface area (Å²) in [6.45, 7) is 11.3. The van der Waals surface area contributed by atoms with Gasteiger partial charge in [-0.1, -0.05) is 34.1 Å². The van der Waals surface area contributed by atoms with Crippen LogP contribution in [0.25, 0.3) is 0 Å². The fourth-order valence-electron chi connectivity index (χ4n) is 2.35. The van der Waals surface area contributed by atoms with Gasteiger partial charge in [-0.2, -0.15) is 0 Å². The number of hydrogen-bond acceptors (Lipinski definition) is 2. The van der Waals surface area contributed by atoms with E-state index >= 15 is 0 Å². The molecule has 0 saturated heterocycles. The molecule has 1 saturated carbocycles. The van der Waals surface area contributed by atoms with Gasteiger partial charge in [-0.25, -0.2) is 0 Å². The molecule has 2 unspecified atom stereocenters. The van der Waals surface area contributed by atoms with Gasteiger partial charge in [0.25, 0.3) is 0 Å². The fourth-order valence-corrected chi connectivity index (χ4v) is 2.35. The molecule has 1 aliphatic rings. The van der Waals surface area contributed by atoms with Crippen LogP contribution in [-0.2, 0) is 0 Å². The summed E-state index contributed by atoms with van der Waals surface area (Å²) in [4.78, 5) is 2.68. The van der Waals surface area contributed by atoms with E-state index in [2.05, 4.69) is 32.6 Å². The molecule has 0 bridgehead atoms. The van der Waals surface area contributed by atoms with Gasteiger partial charge in [0.1, 0.15) is 0 Å². The summed E-state index contributed by atoms with van der Waals surface area (Å²) in [7, 11) is 0. The molecule has 2 heteroatoms. The maximum absolute atomic E-state index is 5.95. The fraction of sp³-hybridized carbons (Fsp3) is 1.00. The Bertz CT molecular complexity index is 175. The summed E-state index contributed by atoms with van der Waals surface area (Å²) >= 11 is 0. The minimum absolute atomic E-state index is 0.602. The molecule has 0 aliphatic heterocycles. The van der Waals surface area contributed by atoms with E-state index in [0.29, 0.717) is 6.04 Å². The third kappa shape index (κ3) is 3.76. The number of nitrogens with zero attached hydrogens (tertiary/aromatic N) is 1. The van der Waals surface area contributed by atoms with Crippen molar-refractivity contribution >= 4 is 0 Å². The van der Waals surface area contributed by atoms with Gasteiger partial charge in [-0.3, -0.25) is 4.90 Å². The lowest BCUT2D eigenvalue weighted by Gasteiger charge is -2.36. The van der Waals surface area contributed by atoms with Gasteiger partial charge >= 0.3 is 0 Å². The normalized spacial score (nSPS) is 21.0. The van der Waals surface area contributed by atoms with E-state index in [0.717, 1.165) is 24.4 Å². The maximum Gasteiger partial charge on any atom is 0.0246 e. The van der Waals surface area contributed by atoms with E-state index in [4.69, 9.17) is 5.73 Å². The van der Waals surface area contributed by atoms with E-state index in [1.54, 1.807) is 0 Å². The highest BCUT2D eigenvalue weighted by atomic mass is 15.2. The van der Waals surface area contributed by atoms with Crippen LogP contribution in [0.5, 0.6) is 0 Å². The van der Waals surface area contributed by atoms with Gasteiger partial charge in [-0.05, 0) is 24.7 Å². The second-order valence-corrected chi connectivity index (χ2v) is 5.51. The van der Waals surface area contributed by atoms with Crippen LogP contribution in [0.3, 0.4) is 0 Å². The highest BCUT2D eigenvalue weighted by molar-refractivity contribution is 4.91. The van der Waals surface area contributed by atoms with Crippen LogP contribution in [-0.4, -0.2) is 30.1 Å². The second kappa shape index (κ2) is 5.86. The molecule has 90 valence electrons. The molecule has 1 rings (SSSR count). The third-order valence-electron chi connectivity index (χ3n) is 3.56. The lowest BCUT2D eigenvalue weighted by atomic mass is 9.96. The smallest absolute Gasteiger partial charge is 0.0246 e. The van der Waals surface area contributed by atoms with Crippen LogP contribution in [0.4, 0.5) is 0 Å². The van der Waals surface area contributed by atoms with Gasteiger partial charge in [-0.15, -0.1) is 0 Å². The maximum atomic E-state index is 5.95. The Labute approximate surface area is 95.2 Å². The summed E-state index contributed by atoms with van der Waals surface area (Å²) in [6, 6.07) is 1.44. The molecule has 1 fully saturated rings. The molecule has 0 amide bonds. The second-order valence-electron chi connectivity index (χ2n) is 5.51. The quantitative estimate of drug-likeness (QED) is 0.702. The molecule has 0 spiro atoms. The SMILES string of the molecule is CCC(C)C(CN)N(CC(C)C)C1CC1. The minimum Gasteiger partial charge on any atom is -0.329 e. The average Bonchev–Trinajstić information content (AvgIpc) is 2.99. The van der Waals surface area contributed by atoms with E-state index < -0.39 is 0 Å². The Balaban J connectivity index is 2.58. The molecule has 0 aromatic rings. The summed E-state index contributed by atoms with van der Waals surface area (Å²) in [5.41, 5.74) is 5.95. The van der Waals surface area contributed by atoms with Crippen LogP contribution >= 0.6 is 0 Å². The topological polar surface area (TPSA) is 29.3 Å². The van der Waals surface area contributed by atoms with Gasteiger partial charge in [0.05, 0.1) is 0 Å². The standard InChI is InChI=1S/C13H28N2/c1-5-11(4)13(8-14)15(9-10(2)3)12-6-7-12/h10-13H,5-9,14H2,1-4H3. The van der Waals surface area contributed by atoms with E-state index in [9.17, 15) is 0 Å². The van der Waals surface area contributed by atoms with Crippen LogP contribution in [0.2, 0.25) is 0 Å². The zero-order valence-electron chi connectivity index (χ0n) is 10.9. The predicted molar refractivity (Wildman–Crippen MR) is 66.9 cm³/mol. The molecule has 0 aromatic heterocycles. The first kappa shape index (κ1) is 13.0. The van der Waals surface area contributed by atoms with E-state index in [-0.39, 0.29) is 0 Å². The molecular formula is C13H28N2. The minimum atomic E-state index is 0.602. The van der Waals surface area contributed by atoms with Crippen molar-refractivity contribution in [2.45, 2.75) is 59.0 Å². The lowest BCUT2D eigenvalue weighted by molar-refractivity contribution is 0.125. The predicted octanol–water partition coefficient (Wildman–Crippen LogP) is 2.48. The molecule has 2 nitrogen and oxygen atoms in total. The number of hydrogen-bond donors (Lipinski definition) is 1. The van der Waals surface area contributed by atoms with Crippen molar-refractivity contribution in [2.24, 2.45) is 17.6 Å². The van der Waals surface area contributed by atoms with Crippen molar-refractivity contribution in [3.8, 4) is 0 Å². The van der Waals surface area contributed by atoms with E-state index in [1.807, 2.05) is 0 Å². The molecule has 0 aromatic carbocycles. The molecule has 2 atom stereocenters. The van der Waals surface area contributed by atoms with E-state index in [1.165, 1.54) is 25.8 Å².